The molecule has 0 spiro atoms. The zero-order valence-corrected chi connectivity index (χ0v) is 11.0. The third kappa shape index (κ3) is 2.33. The van der Waals surface area contributed by atoms with E-state index in [0.717, 1.165) is 28.7 Å². The maximum atomic E-state index is 12.2. The Morgan fingerprint density at radius 3 is 2.94 bits per heavy atom. The van der Waals surface area contributed by atoms with Gasteiger partial charge in [-0.15, -0.1) is 6.42 Å². The van der Waals surface area contributed by atoms with E-state index in [9.17, 15) is 4.57 Å². The molecule has 1 aliphatic rings. The number of benzene rings is 1. The van der Waals surface area contributed by atoms with Crippen LogP contribution in [0.4, 0.5) is 5.69 Å². The number of hydrogen-bond donors (Lipinski definition) is 1. The van der Waals surface area contributed by atoms with Gasteiger partial charge in [0.25, 0.3) is 0 Å². The van der Waals surface area contributed by atoms with Gasteiger partial charge in [-0.3, -0.25) is 0 Å². The summed E-state index contributed by atoms with van der Waals surface area (Å²) in [6.45, 7) is 4.69. The van der Waals surface area contributed by atoms with Gasteiger partial charge in [-0.1, -0.05) is 5.92 Å². The highest BCUT2D eigenvalue weighted by Gasteiger charge is 2.25. The number of nitrogens with one attached hydrogen (secondary N) is 1. The Morgan fingerprint density at radius 2 is 2.29 bits per heavy atom. The van der Waals surface area contributed by atoms with Crippen molar-refractivity contribution >= 4 is 18.1 Å². The van der Waals surface area contributed by atoms with Crippen molar-refractivity contribution in [3.05, 3.63) is 17.7 Å². The predicted molar refractivity (Wildman–Crippen MR) is 72.1 cm³/mol. The van der Waals surface area contributed by atoms with E-state index in [0.29, 0.717) is 13.2 Å². The summed E-state index contributed by atoms with van der Waals surface area (Å²) in [5.41, 5.74) is 1.97. The van der Waals surface area contributed by atoms with Gasteiger partial charge in [0.05, 0.1) is 18.8 Å². The summed E-state index contributed by atoms with van der Waals surface area (Å²) in [7, 11) is -2.25. The smallest absolute Gasteiger partial charge is 0.146 e. The topological polar surface area (TPSA) is 38.3 Å². The van der Waals surface area contributed by atoms with Crippen LogP contribution in [0.15, 0.2) is 12.1 Å². The summed E-state index contributed by atoms with van der Waals surface area (Å²) in [5.74, 6) is 3.35. The molecule has 90 valence electrons. The lowest BCUT2D eigenvalue weighted by atomic mass is 10.1. The molecule has 0 fully saturated rings. The van der Waals surface area contributed by atoms with Gasteiger partial charge in [-0.2, -0.15) is 0 Å². The van der Waals surface area contributed by atoms with Gasteiger partial charge in [-0.25, -0.2) is 0 Å². The first-order valence-corrected chi connectivity index (χ1v) is 8.15. The number of anilines is 1. The molecule has 1 aliphatic heterocycles. The van der Waals surface area contributed by atoms with Crippen molar-refractivity contribution < 1.29 is 9.30 Å². The van der Waals surface area contributed by atoms with Crippen LogP contribution < -0.4 is 15.4 Å². The Balaban J connectivity index is 2.47. The van der Waals surface area contributed by atoms with Crippen molar-refractivity contribution in [1.29, 1.82) is 0 Å². The van der Waals surface area contributed by atoms with Crippen LogP contribution in [0.5, 0.6) is 5.75 Å². The van der Waals surface area contributed by atoms with Gasteiger partial charge in [0.1, 0.15) is 12.9 Å². The van der Waals surface area contributed by atoms with E-state index in [-0.39, 0.29) is 0 Å². The fourth-order valence-electron chi connectivity index (χ4n) is 2.07. The molecule has 0 saturated carbocycles. The van der Waals surface area contributed by atoms with Gasteiger partial charge >= 0.3 is 0 Å². The first-order chi connectivity index (χ1) is 8.04. The van der Waals surface area contributed by atoms with E-state index in [1.54, 1.807) is 13.3 Å². The largest absolute Gasteiger partial charge is 0.491 e. The first-order valence-electron chi connectivity index (χ1n) is 5.55. The molecule has 2 rings (SSSR count). The lowest BCUT2D eigenvalue weighted by molar-refractivity contribution is 0.358. The molecular weight excluding hydrogens is 233 g/mol. The van der Waals surface area contributed by atoms with E-state index >= 15 is 0 Å². The molecule has 1 aromatic carbocycles. The number of rotatable bonds is 3. The van der Waals surface area contributed by atoms with Gasteiger partial charge in [-0.05, 0) is 25.5 Å². The van der Waals surface area contributed by atoms with E-state index in [1.807, 2.05) is 12.1 Å². The van der Waals surface area contributed by atoms with Crippen molar-refractivity contribution in [3.63, 3.8) is 0 Å². The number of hydrogen-bond acceptors (Lipinski definition) is 3. The van der Waals surface area contributed by atoms with Crippen LogP contribution in [0.25, 0.3) is 0 Å². The molecule has 4 heteroatoms. The van der Waals surface area contributed by atoms with Crippen LogP contribution in [0, 0.1) is 12.3 Å². The van der Waals surface area contributed by atoms with Crippen LogP contribution >= 0.6 is 7.14 Å². The van der Waals surface area contributed by atoms with Crippen LogP contribution in [0.2, 0.25) is 0 Å². The maximum Gasteiger partial charge on any atom is 0.146 e. The summed E-state index contributed by atoms with van der Waals surface area (Å²) in [4.78, 5) is 0. The first kappa shape index (κ1) is 12.1. The Hall–Kier alpha value is -1.39. The van der Waals surface area contributed by atoms with Crippen LogP contribution in [-0.2, 0) is 11.0 Å². The van der Waals surface area contributed by atoms with Crippen molar-refractivity contribution in [2.75, 3.05) is 31.8 Å². The zero-order valence-electron chi connectivity index (χ0n) is 10.1. The van der Waals surface area contributed by atoms with Gasteiger partial charge in [0, 0.05) is 17.3 Å². The monoisotopic (exact) mass is 249 g/mol. The summed E-state index contributed by atoms with van der Waals surface area (Å²) < 4.78 is 17.8. The van der Waals surface area contributed by atoms with E-state index in [4.69, 9.17) is 11.2 Å². The van der Waals surface area contributed by atoms with Gasteiger partial charge in [0.15, 0.2) is 0 Å². The minimum atomic E-state index is -2.25. The second kappa shape index (κ2) is 4.47. The molecule has 0 unspecified atom stereocenters. The third-order valence-corrected chi connectivity index (χ3v) is 4.37. The Labute approximate surface area is 102 Å². The second-order valence-electron chi connectivity index (χ2n) is 4.45. The fourth-order valence-corrected chi connectivity index (χ4v) is 3.37. The lowest BCUT2D eigenvalue weighted by Crippen LogP contribution is -2.10. The van der Waals surface area contributed by atoms with Crippen molar-refractivity contribution in [2.45, 2.75) is 6.42 Å². The quantitative estimate of drug-likeness (QED) is 0.657. The molecule has 3 nitrogen and oxygen atoms in total. The molecule has 1 aromatic rings. The van der Waals surface area contributed by atoms with Crippen LogP contribution in [-0.4, -0.2) is 26.5 Å². The average Bonchev–Trinajstić information content (AvgIpc) is 2.72. The minimum Gasteiger partial charge on any atom is -0.491 e. The summed E-state index contributed by atoms with van der Waals surface area (Å²) in [6, 6.07) is 3.82. The van der Waals surface area contributed by atoms with E-state index < -0.39 is 7.14 Å². The molecule has 0 aromatic heterocycles. The molecule has 0 aliphatic carbocycles. The fraction of sp³-hybridized carbons (Fsp3) is 0.385. The van der Waals surface area contributed by atoms with Crippen molar-refractivity contribution in [1.82, 2.24) is 0 Å². The molecule has 1 N–H and O–H groups in total. The predicted octanol–water partition coefficient (Wildman–Crippen LogP) is 1.91. The Kier molecular flexibility index (Phi) is 3.17. The maximum absolute atomic E-state index is 12.2. The highest BCUT2D eigenvalue weighted by Crippen LogP contribution is 2.42. The number of ether oxygens (including phenoxy) is 1. The zero-order chi connectivity index (χ0) is 12.5. The molecule has 1 heterocycles. The third-order valence-electron chi connectivity index (χ3n) is 2.80. The molecule has 17 heavy (non-hydrogen) atoms. The van der Waals surface area contributed by atoms with Crippen LogP contribution in [0.3, 0.4) is 0 Å². The molecular formula is C13H16NO2P. The minimum absolute atomic E-state index is 0.463. The Bertz CT molecular complexity index is 525. The molecule has 0 amide bonds. The number of fused-ring (bicyclic) bond motifs is 1. The Morgan fingerprint density at radius 1 is 1.53 bits per heavy atom. The van der Waals surface area contributed by atoms with Gasteiger partial charge in [0.2, 0.25) is 0 Å². The highest BCUT2D eigenvalue weighted by molar-refractivity contribution is 7.70. The molecule has 0 atom stereocenters. The number of terminal acetylenes is 1. The van der Waals surface area contributed by atoms with E-state index in [1.165, 1.54) is 0 Å². The summed E-state index contributed by atoms with van der Waals surface area (Å²) >= 11 is 0. The molecule has 0 bridgehead atoms. The average molecular weight is 249 g/mol. The molecule has 0 radical (unpaired) electrons. The standard InChI is InChI=1S/C13H16NO2P/c1-4-8-14-11-5-6-12(17(2,3)15)10-7-9-16-13(10)11/h1,5-6,14H,7-9H2,2-3H3. The lowest BCUT2D eigenvalue weighted by Gasteiger charge is -2.14. The normalized spacial score (nSPS) is 13.7. The van der Waals surface area contributed by atoms with Crippen molar-refractivity contribution in [2.24, 2.45) is 0 Å². The van der Waals surface area contributed by atoms with E-state index in [2.05, 4.69) is 11.2 Å². The van der Waals surface area contributed by atoms with Crippen molar-refractivity contribution in [3.8, 4) is 18.1 Å². The summed E-state index contributed by atoms with van der Waals surface area (Å²) in [5, 5.41) is 4.05. The second-order valence-corrected chi connectivity index (χ2v) is 7.63. The summed E-state index contributed by atoms with van der Waals surface area (Å²) in [6.07, 6.45) is 6.04. The van der Waals surface area contributed by atoms with Gasteiger partial charge < -0.3 is 14.6 Å². The SMILES string of the molecule is C#CCNc1ccc(P(C)(C)=O)c2c1OCC2. The van der Waals surface area contributed by atoms with Crippen LogP contribution in [0.1, 0.15) is 5.56 Å². The molecule has 0 saturated heterocycles. The highest BCUT2D eigenvalue weighted by atomic mass is 31.2.